The zero-order chi connectivity index (χ0) is 15.1. The molecule has 0 saturated carbocycles. The van der Waals surface area contributed by atoms with E-state index in [9.17, 15) is 0 Å². The maximum absolute atomic E-state index is 6.20. The quantitative estimate of drug-likeness (QED) is 0.848. The van der Waals surface area contributed by atoms with Gasteiger partial charge in [-0.25, -0.2) is 0 Å². The summed E-state index contributed by atoms with van der Waals surface area (Å²) in [6.07, 6.45) is 1.69. The van der Waals surface area contributed by atoms with Crippen LogP contribution in [0.1, 0.15) is 17.5 Å². The Balaban J connectivity index is 1.82. The van der Waals surface area contributed by atoms with Crippen molar-refractivity contribution in [2.45, 2.75) is 25.8 Å². The largest absolute Gasteiger partial charge is 0.493 e. The number of hydrogen-bond donors (Lipinski definition) is 1. The molecule has 0 spiro atoms. The van der Waals surface area contributed by atoms with Crippen LogP contribution in [-0.4, -0.2) is 19.8 Å². The monoisotopic (exact) mass is 285 g/mol. The van der Waals surface area contributed by atoms with Crippen molar-refractivity contribution >= 4 is 0 Å². The Bertz CT molecular complexity index is 569. The molecule has 21 heavy (non-hydrogen) atoms. The van der Waals surface area contributed by atoms with Gasteiger partial charge in [-0.05, 0) is 43.0 Å². The van der Waals surface area contributed by atoms with E-state index in [1.165, 1.54) is 11.1 Å². The molecule has 0 radical (unpaired) electrons. The third-order valence-corrected chi connectivity index (χ3v) is 3.56. The van der Waals surface area contributed by atoms with Crippen LogP contribution >= 0.6 is 0 Å². The van der Waals surface area contributed by atoms with Gasteiger partial charge in [0.05, 0.1) is 13.7 Å². The first kappa shape index (κ1) is 15.4. The molecule has 2 N–H and O–H groups in total. The van der Waals surface area contributed by atoms with Crippen LogP contribution in [0.5, 0.6) is 11.5 Å². The van der Waals surface area contributed by atoms with Gasteiger partial charge in [0.15, 0.2) is 11.5 Å². The summed E-state index contributed by atoms with van der Waals surface area (Å²) in [7, 11) is 1.64. The highest BCUT2D eigenvalue weighted by Gasteiger charge is 2.08. The predicted octanol–water partition coefficient (Wildman–Crippen LogP) is 3.34. The molecule has 0 saturated heterocycles. The summed E-state index contributed by atoms with van der Waals surface area (Å²) < 4.78 is 11.0. The minimum Gasteiger partial charge on any atom is -0.493 e. The van der Waals surface area contributed by atoms with Crippen molar-refractivity contribution in [1.29, 1.82) is 0 Å². The van der Waals surface area contributed by atoms with E-state index in [1.54, 1.807) is 7.11 Å². The van der Waals surface area contributed by atoms with Crippen LogP contribution in [0.4, 0.5) is 0 Å². The first-order chi connectivity index (χ1) is 10.2. The van der Waals surface area contributed by atoms with E-state index >= 15 is 0 Å². The SMILES string of the molecule is COc1ccccc1OCCC(N)Cc1ccccc1C. The fourth-order valence-electron chi connectivity index (χ4n) is 2.28. The normalized spacial score (nSPS) is 12.0. The van der Waals surface area contributed by atoms with Crippen molar-refractivity contribution < 1.29 is 9.47 Å². The van der Waals surface area contributed by atoms with E-state index in [2.05, 4.69) is 31.2 Å². The van der Waals surface area contributed by atoms with E-state index < -0.39 is 0 Å². The Kier molecular flexibility index (Phi) is 5.64. The summed E-state index contributed by atoms with van der Waals surface area (Å²) in [5.74, 6) is 1.52. The molecule has 0 aliphatic rings. The van der Waals surface area contributed by atoms with Crippen LogP contribution < -0.4 is 15.2 Å². The van der Waals surface area contributed by atoms with E-state index in [1.807, 2.05) is 24.3 Å². The smallest absolute Gasteiger partial charge is 0.161 e. The first-order valence-electron chi connectivity index (χ1n) is 7.26. The lowest BCUT2D eigenvalue weighted by atomic mass is 10.0. The third-order valence-electron chi connectivity index (χ3n) is 3.56. The van der Waals surface area contributed by atoms with Gasteiger partial charge in [0.25, 0.3) is 0 Å². The third kappa shape index (κ3) is 4.50. The summed E-state index contributed by atoms with van der Waals surface area (Å²) in [5.41, 5.74) is 8.80. The molecule has 0 aromatic heterocycles. The minimum atomic E-state index is 0.0980. The summed E-state index contributed by atoms with van der Waals surface area (Å²) >= 11 is 0. The lowest BCUT2D eigenvalue weighted by Crippen LogP contribution is -2.25. The molecule has 0 aliphatic carbocycles. The van der Waals surface area contributed by atoms with Crippen LogP contribution in [0.15, 0.2) is 48.5 Å². The highest BCUT2D eigenvalue weighted by molar-refractivity contribution is 5.39. The van der Waals surface area contributed by atoms with Crippen LogP contribution in [0.2, 0.25) is 0 Å². The van der Waals surface area contributed by atoms with Crippen molar-refractivity contribution in [3.05, 3.63) is 59.7 Å². The second-order valence-electron chi connectivity index (χ2n) is 5.18. The number of methoxy groups -OCH3 is 1. The van der Waals surface area contributed by atoms with Gasteiger partial charge in [0.1, 0.15) is 0 Å². The molecule has 0 heterocycles. The summed E-state index contributed by atoms with van der Waals surface area (Å²) in [6.45, 7) is 2.71. The fourth-order valence-corrected chi connectivity index (χ4v) is 2.28. The van der Waals surface area contributed by atoms with Gasteiger partial charge in [-0.2, -0.15) is 0 Å². The van der Waals surface area contributed by atoms with Gasteiger partial charge in [-0.15, -0.1) is 0 Å². The molecule has 3 nitrogen and oxygen atoms in total. The van der Waals surface area contributed by atoms with Gasteiger partial charge >= 0.3 is 0 Å². The molecule has 1 unspecified atom stereocenters. The zero-order valence-corrected chi connectivity index (χ0v) is 12.7. The second-order valence-corrected chi connectivity index (χ2v) is 5.18. The number of ether oxygens (including phenoxy) is 2. The Morgan fingerprint density at radius 2 is 1.67 bits per heavy atom. The average molecular weight is 285 g/mol. The van der Waals surface area contributed by atoms with Crippen LogP contribution in [0.25, 0.3) is 0 Å². The zero-order valence-electron chi connectivity index (χ0n) is 12.7. The summed E-state index contributed by atoms with van der Waals surface area (Å²) in [4.78, 5) is 0. The molecule has 1 atom stereocenters. The summed E-state index contributed by atoms with van der Waals surface area (Å²) in [5, 5.41) is 0. The Morgan fingerprint density at radius 1 is 1.00 bits per heavy atom. The van der Waals surface area contributed by atoms with Crippen LogP contribution in [-0.2, 0) is 6.42 Å². The van der Waals surface area contributed by atoms with Crippen molar-refractivity contribution in [1.82, 2.24) is 0 Å². The van der Waals surface area contributed by atoms with Crippen LogP contribution in [0.3, 0.4) is 0 Å². The average Bonchev–Trinajstić information content (AvgIpc) is 2.50. The van der Waals surface area contributed by atoms with Crippen LogP contribution in [0, 0.1) is 6.92 Å². The maximum Gasteiger partial charge on any atom is 0.161 e. The van der Waals surface area contributed by atoms with E-state index in [4.69, 9.17) is 15.2 Å². The number of para-hydroxylation sites is 2. The molecular weight excluding hydrogens is 262 g/mol. The molecule has 2 aromatic rings. The highest BCUT2D eigenvalue weighted by atomic mass is 16.5. The number of aryl methyl sites for hydroxylation is 1. The topological polar surface area (TPSA) is 44.5 Å². The van der Waals surface area contributed by atoms with Gasteiger partial charge in [-0.3, -0.25) is 0 Å². The molecule has 0 fully saturated rings. The van der Waals surface area contributed by atoms with Gasteiger partial charge in [0, 0.05) is 6.04 Å². The fraction of sp³-hybridized carbons (Fsp3) is 0.333. The number of nitrogens with two attached hydrogens (primary N) is 1. The molecule has 2 rings (SSSR count). The highest BCUT2D eigenvalue weighted by Crippen LogP contribution is 2.25. The van der Waals surface area contributed by atoms with Gasteiger partial charge < -0.3 is 15.2 Å². The molecule has 0 aliphatic heterocycles. The van der Waals surface area contributed by atoms with E-state index in [-0.39, 0.29) is 6.04 Å². The van der Waals surface area contributed by atoms with Gasteiger partial charge in [0.2, 0.25) is 0 Å². The first-order valence-corrected chi connectivity index (χ1v) is 7.26. The standard InChI is InChI=1S/C18H23NO2/c1-14-7-3-4-8-15(14)13-16(19)11-12-21-18-10-6-5-9-17(18)20-2/h3-10,16H,11-13,19H2,1-2H3. The molecular formula is C18H23NO2. The van der Waals surface area contributed by atoms with Crippen molar-refractivity contribution in [2.75, 3.05) is 13.7 Å². The van der Waals surface area contributed by atoms with Crippen molar-refractivity contribution in [2.24, 2.45) is 5.73 Å². The molecule has 0 amide bonds. The number of hydrogen-bond acceptors (Lipinski definition) is 3. The summed E-state index contributed by atoms with van der Waals surface area (Å²) in [6, 6.07) is 16.1. The number of benzene rings is 2. The Morgan fingerprint density at radius 3 is 2.38 bits per heavy atom. The Labute approximate surface area is 126 Å². The molecule has 112 valence electrons. The lowest BCUT2D eigenvalue weighted by Gasteiger charge is -2.15. The van der Waals surface area contributed by atoms with Crippen molar-refractivity contribution in [3.63, 3.8) is 0 Å². The number of rotatable bonds is 7. The van der Waals surface area contributed by atoms with Gasteiger partial charge in [-0.1, -0.05) is 36.4 Å². The molecule has 0 bridgehead atoms. The molecule has 3 heteroatoms. The lowest BCUT2D eigenvalue weighted by molar-refractivity contribution is 0.279. The minimum absolute atomic E-state index is 0.0980. The predicted molar refractivity (Wildman–Crippen MR) is 86.0 cm³/mol. The molecule has 2 aromatic carbocycles. The Hall–Kier alpha value is -2.00. The van der Waals surface area contributed by atoms with E-state index in [0.29, 0.717) is 6.61 Å². The van der Waals surface area contributed by atoms with E-state index in [0.717, 1.165) is 24.3 Å². The maximum atomic E-state index is 6.20. The van der Waals surface area contributed by atoms with Crippen molar-refractivity contribution in [3.8, 4) is 11.5 Å². The second kappa shape index (κ2) is 7.70.